The van der Waals surface area contributed by atoms with E-state index in [1.54, 1.807) is 28.8 Å². The highest BCUT2D eigenvalue weighted by atomic mass is 32.1. The standard InChI is InChI=1S/C62H66N14O6S2/c1-74(58(81)40-47-22-14-20-45(34-47)38-55(79)65-61-72-71-57(83-61)26-10-8-24-49-28-30-51(69-67-49)63-53(77)36-43-16-4-2-5-17-43)42-76-60(27-11-9-25-50-29-31-52(70-68-50)64-54(78)37-44-18-6-3-7-19-44)84-62(73-76)66-56(80)39-46-21-15-23-48(35-46)41-59(82)75-32-12-13-33-75/h2-7,14-23,28-31,34-35H,8-13,24-27,32-33,36-42H2,1H3,(H3-,63,64,65,66,69,70,72,73,77,78,79,80)/p+1. The lowest BCUT2D eigenvalue weighted by molar-refractivity contribution is -0.767. The normalized spacial score (nSPS) is 11.9. The van der Waals surface area contributed by atoms with E-state index in [4.69, 9.17) is 5.10 Å². The van der Waals surface area contributed by atoms with Gasteiger partial charge in [-0.15, -0.1) is 20.4 Å². The van der Waals surface area contributed by atoms with Gasteiger partial charge >= 0.3 is 0 Å². The Hall–Kier alpha value is -9.02. The number of rotatable bonds is 28. The molecular formula is C62H67N14O6S2+. The van der Waals surface area contributed by atoms with Gasteiger partial charge in [-0.2, -0.15) is 10.2 Å². The summed E-state index contributed by atoms with van der Waals surface area (Å²) in [5, 5.41) is 44.2. The summed E-state index contributed by atoms with van der Waals surface area (Å²) in [5.74, 6) is -0.108. The quantitative estimate of drug-likeness (QED) is 0.0274. The van der Waals surface area contributed by atoms with Crippen molar-refractivity contribution < 1.29 is 33.4 Å². The summed E-state index contributed by atoms with van der Waals surface area (Å²) in [5.41, 5.74) is 6.57. The highest BCUT2D eigenvalue weighted by Crippen LogP contribution is 2.21. The highest BCUT2D eigenvalue weighted by molar-refractivity contribution is 7.15. The Morgan fingerprint density at radius 3 is 1.50 bits per heavy atom. The maximum atomic E-state index is 13.8. The van der Waals surface area contributed by atoms with Crippen LogP contribution in [0.15, 0.2) is 133 Å². The van der Waals surface area contributed by atoms with E-state index in [9.17, 15) is 28.8 Å². The molecule has 0 aliphatic carbocycles. The minimum Gasteiger partial charge on any atom is -0.342 e. The van der Waals surface area contributed by atoms with Crippen molar-refractivity contribution in [3.63, 3.8) is 0 Å². The number of benzene rings is 4. The van der Waals surface area contributed by atoms with Crippen molar-refractivity contribution in [1.29, 1.82) is 0 Å². The van der Waals surface area contributed by atoms with E-state index in [0.29, 0.717) is 54.0 Å². The van der Waals surface area contributed by atoms with Crippen LogP contribution in [0.2, 0.25) is 0 Å². The molecule has 20 nitrogen and oxygen atoms in total. The van der Waals surface area contributed by atoms with Gasteiger partial charge in [0.1, 0.15) is 5.01 Å². The topological polar surface area (TPSA) is 251 Å². The lowest BCUT2D eigenvalue weighted by atomic mass is 10.1. The first kappa shape index (κ1) is 59.6. The fourth-order valence-electron chi connectivity index (χ4n) is 9.56. The second-order valence-corrected chi connectivity index (χ2v) is 22.8. The molecule has 4 aromatic heterocycles. The fraction of sp³-hybridized carbons (Fsp3) is 0.323. The fourth-order valence-corrected chi connectivity index (χ4v) is 11.3. The van der Waals surface area contributed by atoms with Crippen LogP contribution in [-0.2, 0) is 99.6 Å². The first-order chi connectivity index (χ1) is 40.9. The molecule has 1 aliphatic heterocycles. The lowest BCUT2D eigenvalue weighted by Crippen LogP contribution is -2.48. The summed E-state index contributed by atoms with van der Waals surface area (Å²) in [7, 11) is 1.71. The predicted octanol–water partition coefficient (Wildman–Crippen LogP) is 7.54. The van der Waals surface area contributed by atoms with Gasteiger partial charge in [-0.25, -0.2) is 0 Å². The van der Waals surface area contributed by atoms with Gasteiger partial charge in [0.05, 0.1) is 49.9 Å². The molecule has 9 rings (SSSR count). The molecule has 0 spiro atoms. The minimum atomic E-state index is -0.254. The molecule has 0 radical (unpaired) electrons. The van der Waals surface area contributed by atoms with Crippen LogP contribution in [-0.4, -0.2) is 101 Å². The number of likely N-dealkylation sites (tertiary alicyclic amines) is 1. The second-order valence-electron chi connectivity index (χ2n) is 20.7. The number of carbonyl (C=O) groups is 6. The van der Waals surface area contributed by atoms with Crippen LogP contribution in [0.1, 0.15) is 93.3 Å². The molecule has 22 heteroatoms. The summed E-state index contributed by atoms with van der Waals surface area (Å²) in [6.45, 7) is 1.70. The van der Waals surface area contributed by atoms with E-state index >= 15 is 0 Å². The second kappa shape index (κ2) is 30.3. The van der Waals surface area contributed by atoms with Gasteiger partial charge in [0, 0.05) is 38.1 Å². The number of amides is 6. The van der Waals surface area contributed by atoms with Gasteiger partial charge in [0.15, 0.2) is 11.6 Å². The predicted molar refractivity (Wildman–Crippen MR) is 321 cm³/mol. The summed E-state index contributed by atoms with van der Waals surface area (Å²) in [6, 6.07) is 41.2. The molecule has 6 amide bonds. The van der Waals surface area contributed by atoms with Gasteiger partial charge in [-0.1, -0.05) is 125 Å². The molecule has 0 saturated carbocycles. The van der Waals surface area contributed by atoms with Crippen molar-refractivity contribution in [3.05, 3.63) is 188 Å². The van der Waals surface area contributed by atoms with Crippen molar-refractivity contribution in [2.24, 2.45) is 0 Å². The Morgan fingerprint density at radius 2 is 0.952 bits per heavy atom. The van der Waals surface area contributed by atoms with Crippen LogP contribution in [0.5, 0.6) is 0 Å². The largest absolute Gasteiger partial charge is 0.342 e. The molecule has 432 valence electrons. The van der Waals surface area contributed by atoms with E-state index in [0.717, 1.165) is 106 Å². The monoisotopic (exact) mass is 1170 g/mol. The zero-order chi connectivity index (χ0) is 58.5. The van der Waals surface area contributed by atoms with Crippen LogP contribution >= 0.6 is 22.7 Å². The van der Waals surface area contributed by atoms with Gasteiger partial charge in [-0.3, -0.25) is 39.0 Å². The third kappa shape index (κ3) is 19.0. The average Bonchev–Trinajstić information content (AvgIpc) is 4.37. The number of likely N-dealkylation sites (N-methyl/N-ethyl adjacent to an activating group) is 1. The maximum Gasteiger partial charge on any atom is 0.268 e. The summed E-state index contributed by atoms with van der Waals surface area (Å²) < 4.78 is 1.75. The Morgan fingerprint density at radius 1 is 0.476 bits per heavy atom. The Balaban J connectivity index is 0.742. The van der Waals surface area contributed by atoms with Crippen molar-refractivity contribution in [3.8, 4) is 0 Å². The summed E-state index contributed by atoms with van der Waals surface area (Å²) in [4.78, 5) is 81.9. The molecular weight excluding hydrogens is 1100 g/mol. The summed E-state index contributed by atoms with van der Waals surface area (Å²) >= 11 is 2.69. The number of hydrogen-bond acceptors (Lipinski definition) is 15. The third-order valence-corrected chi connectivity index (χ3v) is 15.8. The molecule has 84 heavy (non-hydrogen) atoms. The molecule has 0 atom stereocenters. The SMILES string of the molecule is CN(C[n+]1nc(NC(=O)Cc2cccc(CC(=O)N3CCCC3)c2)sc1CCCCc1ccc(NC(=O)Cc2ccccc2)nn1)C(=O)Cc1cccc(CC(=O)Nc2nnc(CCCCc3ccc(NC(=O)Cc4ccccc4)nn3)s2)c1. The van der Waals surface area contributed by atoms with Crippen LogP contribution in [0.25, 0.3) is 0 Å². The molecule has 0 bridgehead atoms. The average molecular weight is 1170 g/mol. The van der Waals surface area contributed by atoms with E-state index in [1.165, 1.54) is 22.7 Å². The number of anilines is 4. The first-order valence-corrected chi connectivity index (χ1v) is 29.9. The van der Waals surface area contributed by atoms with Crippen molar-refractivity contribution in [1.82, 2.24) is 45.5 Å². The van der Waals surface area contributed by atoms with E-state index in [1.807, 2.05) is 126 Å². The Kier molecular flexibility index (Phi) is 21.5. The lowest BCUT2D eigenvalue weighted by Gasteiger charge is -2.15. The van der Waals surface area contributed by atoms with E-state index < -0.39 is 0 Å². The maximum absolute atomic E-state index is 13.8. The molecule has 4 aromatic carbocycles. The molecule has 1 aliphatic rings. The number of nitrogens with zero attached hydrogens (tertiary/aromatic N) is 10. The number of unbranched alkanes of at least 4 members (excludes halogenated alkanes) is 2. The van der Waals surface area contributed by atoms with Crippen LogP contribution in [0, 0.1) is 0 Å². The number of hydrogen-bond donors (Lipinski definition) is 4. The van der Waals surface area contributed by atoms with E-state index in [-0.39, 0.29) is 74.2 Å². The zero-order valence-electron chi connectivity index (χ0n) is 46.9. The zero-order valence-corrected chi connectivity index (χ0v) is 48.5. The van der Waals surface area contributed by atoms with Crippen molar-refractivity contribution in [2.75, 3.05) is 41.4 Å². The summed E-state index contributed by atoms with van der Waals surface area (Å²) in [6.07, 6.45) is 8.93. The van der Waals surface area contributed by atoms with Crippen LogP contribution < -0.4 is 25.9 Å². The number of nitrogens with one attached hydrogen (secondary N) is 4. The highest BCUT2D eigenvalue weighted by Gasteiger charge is 2.25. The number of aromatic nitrogens is 8. The minimum absolute atomic E-state index is 0.0744. The molecule has 4 N–H and O–H groups in total. The van der Waals surface area contributed by atoms with Crippen LogP contribution in [0.4, 0.5) is 21.9 Å². The Bertz CT molecular complexity index is 3500. The number of aryl methyl sites for hydroxylation is 4. The van der Waals surface area contributed by atoms with Crippen LogP contribution in [0.3, 0.4) is 0 Å². The third-order valence-electron chi connectivity index (χ3n) is 13.9. The van der Waals surface area contributed by atoms with E-state index in [2.05, 4.69) is 51.9 Å². The Labute approximate surface area is 495 Å². The molecule has 5 heterocycles. The smallest absolute Gasteiger partial charge is 0.268 e. The number of carbonyl (C=O) groups excluding carboxylic acids is 6. The van der Waals surface area contributed by atoms with Gasteiger partial charge in [-0.05, 0) is 120 Å². The van der Waals surface area contributed by atoms with Gasteiger partial charge < -0.3 is 20.9 Å². The first-order valence-electron chi connectivity index (χ1n) is 28.2. The molecule has 8 aromatic rings. The molecule has 0 unspecified atom stereocenters. The molecule has 1 saturated heterocycles. The van der Waals surface area contributed by atoms with Crippen molar-refractivity contribution in [2.45, 2.75) is 109 Å². The van der Waals surface area contributed by atoms with Crippen molar-refractivity contribution >= 4 is 80.0 Å². The van der Waals surface area contributed by atoms with Gasteiger partial charge in [0.25, 0.3) is 16.8 Å². The van der Waals surface area contributed by atoms with Gasteiger partial charge in [0.2, 0.25) is 40.6 Å². The molecule has 1 fully saturated rings.